The molecule has 1 aromatic rings. The number of hydrogen-bond donors (Lipinski definition) is 3. The molecule has 0 heterocycles. The predicted octanol–water partition coefficient (Wildman–Crippen LogP) is 0.105. The summed E-state index contributed by atoms with van der Waals surface area (Å²) in [5.74, 6) is -0.932. The Bertz CT molecular complexity index is 643. The number of benzene rings is 1. The van der Waals surface area contributed by atoms with Crippen LogP contribution in [0.4, 0.5) is 5.69 Å². The van der Waals surface area contributed by atoms with Crippen LogP contribution in [0, 0.1) is 10.1 Å². The molecule has 3 N–H and O–H groups in total. The zero-order chi connectivity index (χ0) is 16.0. The number of carbonyl (C=O) groups excluding carboxylic acids is 1. The molecular weight excluding hydrogens is 302 g/mol. The number of sulfonamides is 1. The van der Waals surface area contributed by atoms with Crippen LogP contribution in [0.25, 0.3) is 0 Å². The standard InChI is InChI=1S/C11H15N3O6S/c1-2-12-11(16)5-6-13-21(19,20)8-3-4-10(15)9(7-8)14(17)18/h3-4,7,13,15H,2,5-6H2,1H3,(H,12,16). The molecule has 1 amide bonds. The third kappa shape index (κ3) is 4.68. The Hall–Kier alpha value is -2.20. The van der Waals surface area contributed by atoms with Gasteiger partial charge in [0, 0.05) is 25.6 Å². The number of nitro benzene ring substituents is 1. The maximum atomic E-state index is 11.9. The Morgan fingerprint density at radius 1 is 1.43 bits per heavy atom. The van der Waals surface area contributed by atoms with Gasteiger partial charge in [0.25, 0.3) is 0 Å². The predicted molar refractivity (Wildman–Crippen MR) is 73.3 cm³/mol. The van der Waals surface area contributed by atoms with Crippen LogP contribution >= 0.6 is 0 Å². The fraction of sp³-hybridized carbons (Fsp3) is 0.364. The molecule has 0 aliphatic heterocycles. The number of aromatic hydroxyl groups is 1. The number of hydrogen-bond acceptors (Lipinski definition) is 6. The zero-order valence-electron chi connectivity index (χ0n) is 11.2. The van der Waals surface area contributed by atoms with Gasteiger partial charge in [0.1, 0.15) is 0 Å². The van der Waals surface area contributed by atoms with E-state index >= 15 is 0 Å². The minimum atomic E-state index is -3.99. The van der Waals surface area contributed by atoms with Gasteiger partial charge in [-0.2, -0.15) is 0 Å². The van der Waals surface area contributed by atoms with Crippen molar-refractivity contribution in [2.24, 2.45) is 0 Å². The highest BCUT2D eigenvalue weighted by Crippen LogP contribution is 2.27. The number of nitro groups is 1. The molecule has 0 saturated carbocycles. The molecule has 21 heavy (non-hydrogen) atoms. The van der Waals surface area contributed by atoms with Crippen molar-refractivity contribution in [2.75, 3.05) is 13.1 Å². The SMILES string of the molecule is CCNC(=O)CCNS(=O)(=O)c1ccc(O)c([N+](=O)[O-])c1. The number of rotatable bonds is 7. The molecular formula is C11H15N3O6S. The van der Waals surface area contributed by atoms with Crippen LogP contribution in [0.15, 0.2) is 23.1 Å². The molecule has 0 radical (unpaired) electrons. The number of carbonyl (C=O) groups is 1. The van der Waals surface area contributed by atoms with Crippen LogP contribution < -0.4 is 10.0 Å². The molecule has 0 saturated heterocycles. The molecule has 0 aliphatic rings. The molecule has 0 bridgehead atoms. The van der Waals surface area contributed by atoms with E-state index in [1.54, 1.807) is 6.92 Å². The number of phenols is 1. The van der Waals surface area contributed by atoms with Gasteiger partial charge in [-0.25, -0.2) is 13.1 Å². The molecule has 0 fully saturated rings. The number of nitrogens with zero attached hydrogens (tertiary/aromatic N) is 1. The van der Waals surface area contributed by atoms with E-state index in [-0.39, 0.29) is 23.8 Å². The second-order valence-electron chi connectivity index (χ2n) is 4.01. The molecule has 0 spiro atoms. The lowest BCUT2D eigenvalue weighted by Gasteiger charge is -2.07. The fourth-order valence-electron chi connectivity index (χ4n) is 1.48. The van der Waals surface area contributed by atoms with E-state index in [2.05, 4.69) is 10.0 Å². The monoisotopic (exact) mass is 317 g/mol. The minimum Gasteiger partial charge on any atom is -0.502 e. The van der Waals surface area contributed by atoms with E-state index in [9.17, 15) is 28.4 Å². The van der Waals surface area contributed by atoms with Crippen molar-refractivity contribution in [1.29, 1.82) is 0 Å². The van der Waals surface area contributed by atoms with E-state index in [1.807, 2.05) is 0 Å². The lowest BCUT2D eigenvalue weighted by atomic mass is 10.3. The van der Waals surface area contributed by atoms with Crippen LogP contribution in [0.1, 0.15) is 13.3 Å². The van der Waals surface area contributed by atoms with Crippen molar-refractivity contribution < 1.29 is 23.2 Å². The Labute approximate surface area is 121 Å². The third-order valence-corrected chi connectivity index (χ3v) is 3.93. The summed E-state index contributed by atoms with van der Waals surface area (Å²) in [6.07, 6.45) is -0.0484. The molecule has 9 nitrogen and oxygen atoms in total. The Morgan fingerprint density at radius 3 is 2.67 bits per heavy atom. The average molecular weight is 317 g/mol. The van der Waals surface area contributed by atoms with Gasteiger partial charge in [-0.15, -0.1) is 0 Å². The number of nitrogens with one attached hydrogen (secondary N) is 2. The van der Waals surface area contributed by atoms with Gasteiger partial charge in [-0.3, -0.25) is 14.9 Å². The van der Waals surface area contributed by atoms with E-state index in [0.717, 1.165) is 18.2 Å². The number of amides is 1. The lowest BCUT2D eigenvalue weighted by molar-refractivity contribution is -0.386. The molecule has 1 aromatic carbocycles. The summed E-state index contributed by atoms with van der Waals surface area (Å²) in [6, 6.07) is 2.72. The molecule has 0 aromatic heterocycles. The molecule has 1 rings (SSSR count). The second kappa shape index (κ2) is 6.99. The van der Waals surface area contributed by atoms with Gasteiger partial charge < -0.3 is 10.4 Å². The first-order valence-electron chi connectivity index (χ1n) is 6.01. The summed E-state index contributed by atoms with van der Waals surface area (Å²) in [7, 11) is -3.99. The average Bonchev–Trinajstić information content (AvgIpc) is 2.38. The molecule has 0 aliphatic carbocycles. The van der Waals surface area contributed by atoms with Gasteiger partial charge in [0.2, 0.25) is 15.9 Å². The maximum Gasteiger partial charge on any atom is 0.312 e. The van der Waals surface area contributed by atoms with Gasteiger partial charge >= 0.3 is 5.69 Å². The zero-order valence-corrected chi connectivity index (χ0v) is 12.0. The van der Waals surface area contributed by atoms with E-state index in [0.29, 0.717) is 6.54 Å². The van der Waals surface area contributed by atoms with Crippen molar-refractivity contribution in [3.63, 3.8) is 0 Å². The highest BCUT2D eigenvalue weighted by atomic mass is 32.2. The molecule has 0 atom stereocenters. The largest absolute Gasteiger partial charge is 0.502 e. The molecule has 10 heteroatoms. The first kappa shape index (κ1) is 16.9. The van der Waals surface area contributed by atoms with Gasteiger partial charge in [-0.1, -0.05) is 0 Å². The van der Waals surface area contributed by atoms with Crippen molar-refractivity contribution in [3.8, 4) is 5.75 Å². The molecule has 116 valence electrons. The summed E-state index contributed by atoms with van der Waals surface area (Å²) in [4.78, 5) is 20.6. The van der Waals surface area contributed by atoms with Crippen LogP contribution in [0.3, 0.4) is 0 Å². The minimum absolute atomic E-state index is 0.0484. The van der Waals surface area contributed by atoms with Crippen molar-refractivity contribution in [3.05, 3.63) is 28.3 Å². The summed E-state index contributed by atoms with van der Waals surface area (Å²) in [5.41, 5.74) is -0.707. The van der Waals surface area contributed by atoms with E-state index in [4.69, 9.17) is 0 Å². The smallest absolute Gasteiger partial charge is 0.312 e. The maximum absolute atomic E-state index is 11.9. The topological polar surface area (TPSA) is 139 Å². The van der Waals surface area contributed by atoms with E-state index in [1.165, 1.54) is 0 Å². The van der Waals surface area contributed by atoms with Crippen molar-refractivity contribution in [1.82, 2.24) is 10.0 Å². The van der Waals surface area contributed by atoms with Crippen LogP contribution in [-0.4, -0.2) is 37.4 Å². The molecule has 0 unspecified atom stereocenters. The van der Waals surface area contributed by atoms with Crippen molar-refractivity contribution in [2.45, 2.75) is 18.2 Å². The summed E-state index contributed by atoms with van der Waals surface area (Å²) >= 11 is 0. The highest BCUT2D eigenvalue weighted by Gasteiger charge is 2.21. The first-order valence-corrected chi connectivity index (χ1v) is 7.50. The summed E-state index contributed by atoms with van der Waals surface area (Å²) < 4.78 is 26.0. The quantitative estimate of drug-likeness (QED) is 0.481. The summed E-state index contributed by atoms with van der Waals surface area (Å²) in [6.45, 7) is 2.04. The summed E-state index contributed by atoms with van der Waals surface area (Å²) in [5, 5.41) is 22.4. The van der Waals surface area contributed by atoms with Gasteiger partial charge in [-0.05, 0) is 19.1 Å². The van der Waals surface area contributed by atoms with Crippen LogP contribution in [-0.2, 0) is 14.8 Å². The van der Waals surface area contributed by atoms with Crippen molar-refractivity contribution >= 4 is 21.6 Å². The van der Waals surface area contributed by atoms with Gasteiger partial charge in [0.15, 0.2) is 5.75 Å². The van der Waals surface area contributed by atoms with Crippen LogP contribution in [0.5, 0.6) is 5.75 Å². The Kier molecular flexibility index (Phi) is 5.61. The van der Waals surface area contributed by atoms with Gasteiger partial charge in [0.05, 0.1) is 9.82 Å². The highest BCUT2D eigenvalue weighted by molar-refractivity contribution is 7.89. The lowest BCUT2D eigenvalue weighted by Crippen LogP contribution is -2.30. The Morgan fingerprint density at radius 2 is 2.10 bits per heavy atom. The second-order valence-corrected chi connectivity index (χ2v) is 5.78. The Balaban J connectivity index is 2.81. The van der Waals surface area contributed by atoms with E-state index < -0.39 is 26.4 Å². The van der Waals surface area contributed by atoms with Crippen LogP contribution in [0.2, 0.25) is 0 Å². The number of phenolic OH excluding ortho intramolecular Hbond substituents is 1. The first-order chi connectivity index (χ1) is 9.77. The fourth-order valence-corrected chi connectivity index (χ4v) is 2.54. The normalized spacial score (nSPS) is 11.1. The third-order valence-electron chi connectivity index (χ3n) is 2.47.